The summed E-state index contributed by atoms with van der Waals surface area (Å²) >= 11 is 4.45. The summed E-state index contributed by atoms with van der Waals surface area (Å²) in [6.07, 6.45) is 0. The second-order valence-electron chi connectivity index (χ2n) is 2.28. The van der Waals surface area contributed by atoms with Gasteiger partial charge in [0.2, 0.25) is 5.69 Å². The molecule has 5 heteroatoms. The molecule has 0 aromatic carbocycles. The summed E-state index contributed by atoms with van der Waals surface area (Å²) < 4.78 is 5.26. The molecular formula is C8H6BrNO2S. The van der Waals surface area contributed by atoms with Gasteiger partial charge in [-0.1, -0.05) is 15.9 Å². The van der Waals surface area contributed by atoms with Crippen molar-refractivity contribution in [3.63, 3.8) is 0 Å². The average Bonchev–Trinajstić information content (AvgIpc) is 2.40. The zero-order valence-corrected chi connectivity index (χ0v) is 9.45. The van der Waals surface area contributed by atoms with E-state index in [-0.39, 0.29) is 0 Å². The molecule has 13 heavy (non-hydrogen) atoms. The minimum absolute atomic E-state index is 0.391. The summed E-state index contributed by atoms with van der Waals surface area (Å²) in [5, 5.41) is 0. The van der Waals surface area contributed by atoms with Crippen molar-refractivity contribution < 1.29 is 9.53 Å². The van der Waals surface area contributed by atoms with Gasteiger partial charge in [0, 0.05) is 0 Å². The summed E-state index contributed by atoms with van der Waals surface area (Å²) in [5.41, 5.74) is 1.17. The van der Waals surface area contributed by atoms with E-state index in [1.54, 1.807) is 6.92 Å². The summed E-state index contributed by atoms with van der Waals surface area (Å²) in [5.74, 6) is -0.391. The van der Waals surface area contributed by atoms with E-state index < -0.39 is 5.97 Å². The van der Waals surface area contributed by atoms with Crippen LogP contribution in [-0.2, 0) is 4.74 Å². The molecule has 0 spiro atoms. The maximum atomic E-state index is 11.2. The molecule has 0 fully saturated rings. The average molecular weight is 260 g/mol. The molecule has 1 aromatic rings. The van der Waals surface area contributed by atoms with E-state index >= 15 is 0 Å². The van der Waals surface area contributed by atoms with Crippen LogP contribution in [0.15, 0.2) is 3.79 Å². The Balaban J connectivity index is 3.28. The molecule has 1 rings (SSSR count). The lowest BCUT2D eigenvalue weighted by Crippen LogP contribution is -1.99. The Morgan fingerprint density at radius 3 is 2.69 bits per heavy atom. The Morgan fingerprint density at radius 1 is 1.69 bits per heavy atom. The number of nitrogens with zero attached hydrogens (tertiary/aromatic N) is 1. The third-order valence-corrected chi connectivity index (χ3v) is 3.47. The summed E-state index contributed by atoms with van der Waals surface area (Å²) in [7, 11) is 1.33. The fourth-order valence-electron chi connectivity index (χ4n) is 0.885. The van der Waals surface area contributed by atoms with Crippen molar-refractivity contribution in [2.75, 3.05) is 7.11 Å². The minimum Gasteiger partial charge on any atom is -0.465 e. The first-order chi connectivity index (χ1) is 6.11. The Kier molecular flexibility index (Phi) is 3.07. The van der Waals surface area contributed by atoms with Crippen molar-refractivity contribution in [2.45, 2.75) is 6.92 Å². The number of esters is 1. The lowest BCUT2D eigenvalue weighted by Gasteiger charge is -1.95. The first-order valence-corrected chi connectivity index (χ1v) is 4.97. The highest BCUT2D eigenvalue weighted by Crippen LogP contribution is 2.39. The van der Waals surface area contributed by atoms with Gasteiger partial charge >= 0.3 is 5.97 Å². The van der Waals surface area contributed by atoms with E-state index in [1.807, 2.05) is 0 Å². The maximum Gasteiger partial charge on any atom is 0.346 e. The Morgan fingerprint density at radius 2 is 2.31 bits per heavy atom. The second-order valence-corrected chi connectivity index (χ2v) is 4.62. The standard InChI is InChI=1S/C8H6BrNO2S/c1-4-5(10-2)7(9)13-6(4)8(11)12-3/h1,3H3. The molecule has 0 saturated heterocycles. The second kappa shape index (κ2) is 3.90. The third kappa shape index (κ3) is 1.74. The van der Waals surface area contributed by atoms with Crippen LogP contribution >= 0.6 is 27.3 Å². The molecule has 0 atom stereocenters. The monoisotopic (exact) mass is 259 g/mol. The quantitative estimate of drug-likeness (QED) is 0.573. The first-order valence-electron chi connectivity index (χ1n) is 3.36. The van der Waals surface area contributed by atoms with E-state index in [0.29, 0.717) is 19.9 Å². The smallest absolute Gasteiger partial charge is 0.346 e. The van der Waals surface area contributed by atoms with Gasteiger partial charge in [0.15, 0.2) is 0 Å². The molecule has 3 nitrogen and oxygen atoms in total. The van der Waals surface area contributed by atoms with Gasteiger partial charge in [0.25, 0.3) is 0 Å². The number of thiophene rings is 1. The van der Waals surface area contributed by atoms with Crippen molar-refractivity contribution in [1.29, 1.82) is 0 Å². The minimum atomic E-state index is -0.391. The van der Waals surface area contributed by atoms with Crippen molar-refractivity contribution in [3.8, 4) is 0 Å². The van der Waals surface area contributed by atoms with Crippen LogP contribution in [-0.4, -0.2) is 13.1 Å². The maximum absolute atomic E-state index is 11.2. The fourth-order valence-corrected chi connectivity index (χ4v) is 2.65. The van der Waals surface area contributed by atoms with Crippen LogP contribution in [0.4, 0.5) is 5.69 Å². The van der Waals surface area contributed by atoms with Crippen LogP contribution in [0.2, 0.25) is 0 Å². The molecule has 0 unspecified atom stereocenters. The Bertz CT molecular complexity index is 392. The highest BCUT2D eigenvalue weighted by atomic mass is 79.9. The van der Waals surface area contributed by atoms with E-state index in [0.717, 1.165) is 0 Å². The normalized spacial score (nSPS) is 9.38. The van der Waals surface area contributed by atoms with Crippen LogP contribution in [0, 0.1) is 13.5 Å². The summed E-state index contributed by atoms with van der Waals surface area (Å²) in [6, 6.07) is 0. The van der Waals surface area contributed by atoms with Gasteiger partial charge in [-0.3, -0.25) is 0 Å². The van der Waals surface area contributed by atoms with E-state index in [4.69, 9.17) is 6.57 Å². The fraction of sp³-hybridized carbons (Fsp3) is 0.250. The SMILES string of the molecule is [C-]#[N+]c1c(Br)sc(C(=O)OC)c1C. The number of halogens is 1. The number of carbonyl (C=O) groups is 1. The van der Waals surface area contributed by atoms with E-state index in [2.05, 4.69) is 25.5 Å². The first kappa shape index (κ1) is 10.2. The molecule has 0 bridgehead atoms. The van der Waals surface area contributed by atoms with Crippen molar-refractivity contribution in [2.24, 2.45) is 0 Å². The van der Waals surface area contributed by atoms with Gasteiger partial charge in [-0.05, 0) is 12.5 Å². The number of ether oxygens (including phenoxy) is 1. The summed E-state index contributed by atoms with van der Waals surface area (Å²) in [4.78, 5) is 15.0. The molecule has 68 valence electrons. The largest absolute Gasteiger partial charge is 0.465 e. The Labute approximate surface area is 88.3 Å². The molecule has 0 radical (unpaired) electrons. The van der Waals surface area contributed by atoms with Gasteiger partial charge < -0.3 is 4.74 Å². The van der Waals surface area contributed by atoms with Crippen LogP contribution in [0.5, 0.6) is 0 Å². The molecule has 0 aliphatic rings. The Hall–Kier alpha value is -0.860. The molecule has 0 saturated carbocycles. The summed E-state index contributed by atoms with van der Waals surface area (Å²) in [6.45, 7) is 8.62. The number of carbonyl (C=O) groups excluding carboxylic acids is 1. The number of methoxy groups -OCH3 is 1. The predicted octanol–water partition coefficient (Wildman–Crippen LogP) is 3.16. The highest BCUT2D eigenvalue weighted by molar-refractivity contribution is 9.11. The lowest BCUT2D eigenvalue weighted by molar-refractivity contribution is 0.0605. The molecule has 1 heterocycles. The zero-order valence-electron chi connectivity index (χ0n) is 7.05. The van der Waals surface area contributed by atoms with Crippen molar-refractivity contribution in [3.05, 3.63) is 25.6 Å². The van der Waals surface area contributed by atoms with E-state index in [1.165, 1.54) is 18.4 Å². The van der Waals surface area contributed by atoms with Crippen LogP contribution in [0.1, 0.15) is 15.2 Å². The lowest BCUT2D eigenvalue weighted by atomic mass is 10.2. The third-order valence-electron chi connectivity index (χ3n) is 1.56. The molecule has 0 aliphatic carbocycles. The predicted molar refractivity (Wildman–Crippen MR) is 54.4 cm³/mol. The van der Waals surface area contributed by atoms with Gasteiger partial charge in [0.05, 0.1) is 17.5 Å². The van der Waals surface area contributed by atoms with Crippen molar-refractivity contribution >= 4 is 38.9 Å². The van der Waals surface area contributed by atoms with Gasteiger partial charge in [0.1, 0.15) is 4.88 Å². The molecule has 1 aromatic heterocycles. The van der Waals surface area contributed by atoms with Crippen LogP contribution in [0.25, 0.3) is 4.85 Å². The highest BCUT2D eigenvalue weighted by Gasteiger charge is 2.18. The zero-order chi connectivity index (χ0) is 10.0. The number of rotatable bonds is 1. The topological polar surface area (TPSA) is 30.7 Å². The molecule has 0 N–H and O–H groups in total. The van der Waals surface area contributed by atoms with Gasteiger partial charge in [-0.2, -0.15) is 0 Å². The number of hydrogen-bond donors (Lipinski definition) is 0. The molecular weight excluding hydrogens is 254 g/mol. The van der Waals surface area contributed by atoms with Crippen molar-refractivity contribution in [1.82, 2.24) is 0 Å². The molecule has 0 aliphatic heterocycles. The number of hydrogen-bond acceptors (Lipinski definition) is 3. The van der Waals surface area contributed by atoms with Crippen LogP contribution < -0.4 is 0 Å². The van der Waals surface area contributed by atoms with Gasteiger partial charge in [-0.15, -0.1) is 11.3 Å². The van der Waals surface area contributed by atoms with E-state index in [9.17, 15) is 4.79 Å². The van der Waals surface area contributed by atoms with Crippen LogP contribution in [0.3, 0.4) is 0 Å². The van der Waals surface area contributed by atoms with Gasteiger partial charge in [-0.25, -0.2) is 9.64 Å². The molecule has 0 amide bonds.